The number of hydrogen-bond donors (Lipinski definition) is 4. The highest BCUT2D eigenvalue weighted by Crippen LogP contribution is 2.33. The zero-order valence-electron chi connectivity index (χ0n) is 12.4. The Balaban J connectivity index is 1.83. The number of rotatable bonds is 2. The van der Waals surface area contributed by atoms with Crippen molar-refractivity contribution in [3.05, 3.63) is 18.1 Å². The van der Waals surface area contributed by atoms with E-state index in [9.17, 15) is 20.1 Å². The van der Waals surface area contributed by atoms with E-state index in [1.54, 1.807) is 0 Å². The Morgan fingerprint density at radius 2 is 2.12 bits per heavy atom. The molecule has 0 spiro atoms. The third kappa shape index (κ3) is 2.27. The molecule has 1 saturated heterocycles. The van der Waals surface area contributed by atoms with Gasteiger partial charge in [0.25, 0.3) is 0 Å². The number of carbonyl (C=O) groups is 1. The van der Waals surface area contributed by atoms with Crippen LogP contribution in [0.25, 0.3) is 17.1 Å². The van der Waals surface area contributed by atoms with Crippen LogP contribution in [0.3, 0.4) is 0 Å². The van der Waals surface area contributed by atoms with E-state index in [0.29, 0.717) is 22.5 Å². The van der Waals surface area contributed by atoms with Crippen molar-refractivity contribution in [2.45, 2.75) is 31.0 Å². The van der Waals surface area contributed by atoms with Crippen LogP contribution in [-0.2, 0) is 9.53 Å². The van der Waals surface area contributed by atoms with Crippen LogP contribution in [0.5, 0.6) is 0 Å². The Labute approximate surface area is 135 Å². The molecule has 4 atom stereocenters. The number of ether oxygens (including phenoxy) is 1. The number of anilines is 1. The molecular weight excluding hydrogens is 318 g/mol. The zero-order chi connectivity index (χ0) is 16.8. The summed E-state index contributed by atoms with van der Waals surface area (Å²) in [5.74, 6) is -0.00254. The van der Waals surface area contributed by atoms with Gasteiger partial charge in [0.2, 0.25) is 5.91 Å². The molecule has 24 heavy (non-hydrogen) atoms. The van der Waals surface area contributed by atoms with Crippen LogP contribution in [0.4, 0.5) is 5.82 Å². The van der Waals surface area contributed by atoms with Gasteiger partial charge in [0.05, 0.1) is 23.8 Å². The number of hydrogen-bond acceptors (Lipinski definition) is 8. The van der Waals surface area contributed by atoms with Crippen molar-refractivity contribution in [3.8, 4) is 0 Å². The summed E-state index contributed by atoms with van der Waals surface area (Å²) in [5.41, 5.74) is 0.834. The average Bonchev–Trinajstić information content (AvgIpc) is 2.84. The number of nitrogens with one attached hydrogen (secondary N) is 1. The zero-order valence-corrected chi connectivity index (χ0v) is 12.4. The van der Waals surface area contributed by atoms with E-state index >= 15 is 0 Å². The van der Waals surface area contributed by atoms with Crippen molar-refractivity contribution in [1.82, 2.24) is 19.7 Å². The Kier molecular flexibility index (Phi) is 3.53. The number of aliphatic hydroxyl groups is 3. The summed E-state index contributed by atoms with van der Waals surface area (Å²) in [6.07, 6.45) is 0.423. The minimum atomic E-state index is -1.03. The van der Waals surface area contributed by atoms with Crippen LogP contribution in [0.15, 0.2) is 12.4 Å². The second-order valence-corrected chi connectivity index (χ2v) is 5.69. The van der Waals surface area contributed by atoms with Crippen LogP contribution < -0.4 is 5.32 Å². The Morgan fingerprint density at radius 1 is 1.29 bits per heavy atom. The van der Waals surface area contributed by atoms with Gasteiger partial charge in [0.1, 0.15) is 24.4 Å². The van der Waals surface area contributed by atoms with Crippen LogP contribution in [0.1, 0.15) is 18.3 Å². The first kappa shape index (κ1) is 15.1. The number of amides is 1. The molecule has 4 heterocycles. The first-order chi connectivity index (χ1) is 11.6. The number of aliphatic hydroxyl groups excluding tert-OH is 3. The molecule has 10 heteroatoms. The lowest BCUT2D eigenvalue weighted by Gasteiger charge is -2.36. The molecule has 0 radical (unpaired) electrons. The van der Waals surface area contributed by atoms with Crippen molar-refractivity contribution >= 4 is 28.8 Å². The van der Waals surface area contributed by atoms with Gasteiger partial charge in [0, 0.05) is 12.5 Å². The van der Waals surface area contributed by atoms with E-state index < -0.39 is 24.5 Å². The van der Waals surface area contributed by atoms with Gasteiger partial charge in [-0.05, 0) is 6.08 Å². The van der Waals surface area contributed by atoms with E-state index in [0.717, 1.165) is 0 Å². The summed E-state index contributed by atoms with van der Waals surface area (Å²) in [7, 11) is 0. The molecule has 2 aromatic heterocycles. The van der Waals surface area contributed by atoms with Gasteiger partial charge in [-0.1, -0.05) is 0 Å². The van der Waals surface area contributed by atoms with E-state index in [-0.39, 0.29) is 18.9 Å². The molecule has 10 nitrogen and oxygen atoms in total. The van der Waals surface area contributed by atoms with Crippen molar-refractivity contribution in [3.63, 3.8) is 0 Å². The Bertz CT molecular complexity index is 834. The first-order valence-electron chi connectivity index (χ1n) is 7.43. The maximum Gasteiger partial charge on any atom is 0.249 e. The fourth-order valence-electron chi connectivity index (χ4n) is 2.96. The maximum atomic E-state index is 11.6. The highest BCUT2D eigenvalue weighted by molar-refractivity contribution is 6.10. The van der Waals surface area contributed by atoms with Crippen molar-refractivity contribution in [2.24, 2.45) is 0 Å². The van der Waals surface area contributed by atoms with E-state index in [2.05, 4.69) is 20.4 Å². The van der Waals surface area contributed by atoms with Gasteiger partial charge in [-0.2, -0.15) is 5.10 Å². The van der Waals surface area contributed by atoms with Crippen LogP contribution in [0.2, 0.25) is 0 Å². The van der Waals surface area contributed by atoms with Gasteiger partial charge in [0.15, 0.2) is 11.9 Å². The Morgan fingerprint density at radius 3 is 2.92 bits per heavy atom. The number of nitrogens with zero attached hydrogens (tertiary/aromatic N) is 4. The summed E-state index contributed by atoms with van der Waals surface area (Å²) in [6.45, 7) is -0.382. The number of carbonyl (C=O) groups excluding carboxylic acids is 1. The predicted molar refractivity (Wildman–Crippen MR) is 80.6 cm³/mol. The second kappa shape index (κ2) is 5.60. The van der Waals surface area contributed by atoms with Crippen molar-refractivity contribution in [1.29, 1.82) is 0 Å². The minimum absolute atomic E-state index is 0.0388. The largest absolute Gasteiger partial charge is 0.394 e. The van der Waals surface area contributed by atoms with Gasteiger partial charge < -0.3 is 25.4 Å². The molecule has 0 bridgehead atoms. The molecule has 126 valence electrons. The molecule has 0 aromatic carbocycles. The molecule has 2 aromatic rings. The quantitative estimate of drug-likeness (QED) is 0.536. The predicted octanol–water partition coefficient (Wildman–Crippen LogP) is -1.21. The molecule has 2 aliphatic rings. The lowest BCUT2D eigenvalue weighted by Crippen LogP contribution is -2.46. The first-order valence-corrected chi connectivity index (χ1v) is 7.43. The SMILES string of the molecule is O=C1C=Cc2nn([C@@H]3O[C@H](CO)[C@@H](O)C[C@H]3O)c3ncnc(c23)N1. The Hall–Kier alpha value is -2.40. The molecule has 4 rings (SSSR count). The molecule has 2 aliphatic heterocycles. The highest BCUT2D eigenvalue weighted by Gasteiger charge is 2.39. The van der Waals surface area contributed by atoms with Crippen LogP contribution in [-0.4, -0.2) is 65.9 Å². The fourth-order valence-corrected chi connectivity index (χ4v) is 2.96. The molecule has 0 aliphatic carbocycles. The van der Waals surface area contributed by atoms with E-state index in [1.165, 1.54) is 23.2 Å². The van der Waals surface area contributed by atoms with E-state index in [4.69, 9.17) is 4.74 Å². The highest BCUT2D eigenvalue weighted by atomic mass is 16.5. The van der Waals surface area contributed by atoms with Gasteiger partial charge in [-0.25, -0.2) is 14.6 Å². The van der Waals surface area contributed by atoms with Gasteiger partial charge in [-0.15, -0.1) is 0 Å². The van der Waals surface area contributed by atoms with Gasteiger partial charge in [-0.3, -0.25) is 4.79 Å². The summed E-state index contributed by atoms with van der Waals surface area (Å²) < 4.78 is 6.99. The monoisotopic (exact) mass is 333 g/mol. The molecule has 1 fully saturated rings. The third-order valence-corrected chi connectivity index (χ3v) is 4.13. The summed E-state index contributed by atoms with van der Waals surface area (Å²) >= 11 is 0. The smallest absolute Gasteiger partial charge is 0.249 e. The minimum Gasteiger partial charge on any atom is -0.394 e. The molecule has 1 amide bonds. The molecular formula is C14H15N5O5. The fraction of sp³-hybridized carbons (Fsp3) is 0.429. The van der Waals surface area contributed by atoms with Crippen LogP contribution >= 0.6 is 0 Å². The van der Waals surface area contributed by atoms with Crippen molar-refractivity contribution < 1.29 is 24.9 Å². The van der Waals surface area contributed by atoms with E-state index in [1.807, 2.05) is 0 Å². The lowest BCUT2D eigenvalue weighted by atomic mass is 10.0. The maximum absolute atomic E-state index is 11.6. The third-order valence-electron chi connectivity index (χ3n) is 4.13. The standard InChI is InChI=1S/C14H15N5O5/c20-4-9-7(21)3-8(22)14(24-9)19-13-11-6(18-19)1-2-10(23)17-12(11)15-5-16-13/h1-2,5,7-9,14,20-22H,3-4H2,(H,15,16,17,23)/t7-,8+,9+,14+/m0/s1. The lowest BCUT2D eigenvalue weighted by molar-refractivity contribution is -0.208. The average molecular weight is 333 g/mol. The van der Waals surface area contributed by atoms with Crippen LogP contribution in [0, 0.1) is 0 Å². The molecule has 4 N–H and O–H groups in total. The normalized spacial score (nSPS) is 29.5. The summed E-state index contributed by atoms with van der Waals surface area (Å²) in [4.78, 5) is 19.9. The summed E-state index contributed by atoms with van der Waals surface area (Å²) in [6, 6.07) is 0. The molecule has 0 saturated carbocycles. The summed E-state index contributed by atoms with van der Waals surface area (Å²) in [5, 5.41) is 36.9. The molecule has 0 unspecified atom stereocenters. The van der Waals surface area contributed by atoms with Gasteiger partial charge >= 0.3 is 0 Å². The van der Waals surface area contributed by atoms with Crippen molar-refractivity contribution in [2.75, 3.05) is 11.9 Å². The second-order valence-electron chi connectivity index (χ2n) is 5.69. The topological polar surface area (TPSA) is 143 Å². The number of aromatic nitrogens is 4.